The van der Waals surface area contributed by atoms with E-state index in [0.29, 0.717) is 17.7 Å². The van der Waals surface area contributed by atoms with Crippen LogP contribution in [-0.2, 0) is 4.79 Å². The van der Waals surface area contributed by atoms with Crippen molar-refractivity contribution in [2.24, 2.45) is 5.10 Å². The largest absolute Gasteiger partial charge is 0.497 e. The number of rotatable bonds is 6. The number of ether oxygens (including phenoxy) is 1. The Hall–Kier alpha value is -2.97. The standard InChI is InChI=1S/C22H21N3O3S2/c1-24(22(27)15-7-9-16(28-2)10-8-15)14-21(26)25-18(20-6-4-12-30-20)13-17(23-25)19-5-3-11-29-19/h3-12,18H,13-14H2,1-2H3. The third kappa shape index (κ3) is 4.15. The minimum absolute atomic E-state index is 0.0477. The first kappa shape index (κ1) is 20.3. The molecular formula is C22H21N3O3S2. The van der Waals surface area contributed by atoms with Crippen LogP contribution in [0.5, 0.6) is 5.75 Å². The Bertz CT molecular complexity index is 1040. The van der Waals surface area contributed by atoms with Gasteiger partial charge >= 0.3 is 0 Å². The van der Waals surface area contributed by atoms with Crippen molar-refractivity contribution >= 4 is 40.2 Å². The Morgan fingerprint density at radius 2 is 1.87 bits per heavy atom. The highest BCUT2D eigenvalue weighted by Gasteiger charge is 2.34. The summed E-state index contributed by atoms with van der Waals surface area (Å²) < 4.78 is 5.13. The number of hydrogen-bond donors (Lipinski definition) is 0. The first-order chi connectivity index (χ1) is 14.6. The molecule has 0 N–H and O–H groups in total. The first-order valence-corrected chi connectivity index (χ1v) is 11.2. The van der Waals surface area contributed by atoms with E-state index in [1.54, 1.807) is 66.1 Å². The summed E-state index contributed by atoms with van der Waals surface area (Å²) in [6, 6.07) is 14.7. The number of amides is 2. The van der Waals surface area contributed by atoms with Crippen LogP contribution in [0.15, 0.2) is 64.4 Å². The van der Waals surface area contributed by atoms with Crippen LogP contribution >= 0.6 is 22.7 Å². The Balaban J connectivity index is 1.51. The Morgan fingerprint density at radius 1 is 1.13 bits per heavy atom. The van der Waals surface area contributed by atoms with Gasteiger partial charge in [0.2, 0.25) is 0 Å². The highest BCUT2D eigenvalue weighted by atomic mass is 32.1. The van der Waals surface area contributed by atoms with E-state index in [0.717, 1.165) is 15.5 Å². The molecule has 154 valence electrons. The summed E-state index contributed by atoms with van der Waals surface area (Å²) in [6.07, 6.45) is 0.670. The average Bonchev–Trinajstić information content (AvgIpc) is 3.53. The van der Waals surface area contributed by atoms with Crippen molar-refractivity contribution in [3.63, 3.8) is 0 Å². The summed E-state index contributed by atoms with van der Waals surface area (Å²) in [6.45, 7) is -0.0477. The Labute approximate surface area is 183 Å². The molecule has 6 nitrogen and oxygen atoms in total. The van der Waals surface area contributed by atoms with E-state index in [4.69, 9.17) is 4.74 Å². The predicted molar refractivity (Wildman–Crippen MR) is 119 cm³/mol. The number of hydrazone groups is 1. The topological polar surface area (TPSA) is 62.2 Å². The van der Waals surface area contributed by atoms with Gasteiger partial charge in [0.25, 0.3) is 11.8 Å². The average molecular weight is 440 g/mol. The van der Waals surface area contributed by atoms with Crippen molar-refractivity contribution in [1.82, 2.24) is 9.91 Å². The maximum absolute atomic E-state index is 13.1. The van der Waals surface area contributed by atoms with Gasteiger partial charge in [0, 0.05) is 23.9 Å². The lowest BCUT2D eigenvalue weighted by molar-refractivity contribution is -0.133. The van der Waals surface area contributed by atoms with Crippen LogP contribution in [0.25, 0.3) is 0 Å². The molecule has 0 spiro atoms. The lowest BCUT2D eigenvalue weighted by Gasteiger charge is -2.24. The highest BCUT2D eigenvalue weighted by Crippen LogP contribution is 2.36. The molecule has 0 bridgehead atoms. The number of methoxy groups -OCH3 is 1. The molecule has 2 amide bonds. The number of benzene rings is 1. The van der Waals surface area contributed by atoms with Crippen LogP contribution < -0.4 is 4.74 Å². The molecule has 1 aliphatic rings. The molecule has 4 rings (SSSR count). The molecule has 1 atom stereocenters. The molecule has 0 saturated carbocycles. The highest BCUT2D eigenvalue weighted by molar-refractivity contribution is 7.12. The molecule has 1 aromatic carbocycles. The molecule has 0 saturated heterocycles. The van der Waals surface area contributed by atoms with Crippen molar-refractivity contribution in [1.29, 1.82) is 0 Å². The molecule has 30 heavy (non-hydrogen) atoms. The third-order valence-corrected chi connectivity index (χ3v) is 6.79. The molecule has 8 heteroatoms. The molecule has 0 aliphatic carbocycles. The second kappa shape index (κ2) is 8.81. The van der Waals surface area contributed by atoms with Gasteiger partial charge < -0.3 is 9.64 Å². The number of thiophene rings is 2. The van der Waals surface area contributed by atoms with Crippen LogP contribution in [0.2, 0.25) is 0 Å². The lowest BCUT2D eigenvalue weighted by atomic mass is 10.1. The van der Waals surface area contributed by atoms with E-state index in [9.17, 15) is 9.59 Å². The van der Waals surface area contributed by atoms with Crippen molar-refractivity contribution in [3.8, 4) is 5.75 Å². The van der Waals surface area contributed by atoms with Gasteiger partial charge in [0.15, 0.2) is 0 Å². The van der Waals surface area contributed by atoms with Gasteiger partial charge in [0.1, 0.15) is 12.3 Å². The fourth-order valence-corrected chi connectivity index (χ4v) is 4.87. The second-order valence-electron chi connectivity index (χ2n) is 6.89. The summed E-state index contributed by atoms with van der Waals surface area (Å²) in [4.78, 5) is 29.4. The number of hydrogen-bond acceptors (Lipinski definition) is 6. The van der Waals surface area contributed by atoms with E-state index < -0.39 is 0 Å². The maximum Gasteiger partial charge on any atom is 0.262 e. The SMILES string of the molecule is COc1ccc(C(=O)N(C)CC(=O)N2N=C(c3cccs3)CC2c2cccs2)cc1. The van der Waals surface area contributed by atoms with E-state index in [2.05, 4.69) is 5.10 Å². The van der Waals surface area contributed by atoms with Gasteiger partial charge in [-0.2, -0.15) is 5.10 Å². The Morgan fingerprint density at radius 3 is 2.50 bits per heavy atom. The molecule has 1 aliphatic heterocycles. The third-order valence-electron chi connectivity index (χ3n) is 4.90. The quantitative estimate of drug-likeness (QED) is 0.576. The lowest BCUT2D eigenvalue weighted by Crippen LogP contribution is -2.39. The van der Waals surface area contributed by atoms with Crippen LogP contribution in [0.1, 0.15) is 32.6 Å². The molecule has 0 fully saturated rings. The van der Waals surface area contributed by atoms with E-state index in [-0.39, 0.29) is 24.4 Å². The van der Waals surface area contributed by atoms with Crippen LogP contribution in [0, 0.1) is 0 Å². The van der Waals surface area contributed by atoms with Gasteiger partial charge in [-0.05, 0) is 47.2 Å². The van der Waals surface area contributed by atoms with Gasteiger partial charge in [-0.3, -0.25) is 9.59 Å². The van der Waals surface area contributed by atoms with Gasteiger partial charge in [-0.1, -0.05) is 12.1 Å². The van der Waals surface area contributed by atoms with Crippen molar-refractivity contribution in [2.75, 3.05) is 20.7 Å². The molecule has 2 aromatic heterocycles. The zero-order valence-corrected chi connectivity index (χ0v) is 18.3. The number of carbonyl (C=O) groups is 2. The van der Waals surface area contributed by atoms with Crippen molar-refractivity contribution < 1.29 is 14.3 Å². The minimum atomic E-state index is -0.222. The maximum atomic E-state index is 13.1. The Kier molecular flexibility index (Phi) is 5.96. The van der Waals surface area contributed by atoms with Gasteiger partial charge in [-0.25, -0.2) is 5.01 Å². The zero-order valence-electron chi connectivity index (χ0n) is 16.6. The monoisotopic (exact) mass is 439 g/mol. The summed E-state index contributed by atoms with van der Waals surface area (Å²) >= 11 is 3.22. The fraction of sp³-hybridized carbons (Fsp3) is 0.227. The molecular weight excluding hydrogens is 418 g/mol. The molecule has 3 aromatic rings. The molecule has 1 unspecified atom stereocenters. The van der Waals surface area contributed by atoms with Crippen molar-refractivity contribution in [3.05, 3.63) is 74.6 Å². The molecule has 3 heterocycles. The number of likely N-dealkylation sites (N-methyl/N-ethyl adjacent to an activating group) is 1. The van der Waals surface area contributed by atoms with Gasteiger partial charge in [-0.15, -0.1) is 22.7 Å². The van der Waals surface area contributed by atoms with E-state index in [1.807, 2.05) is 35.0 Å². The number of carbonyl (C=O) groups excluding carboxylic acids is 2. The number of nitrogens with zero attached hydrogens (tertiary/aromatic N) is 3. The summed E-state index contributed by atoms with van der Waals surface area (Å²) in [7, 11) is 3.21. The summed E-state index contributed by atoms with van der Waals surface area (Å²) in [5, 5.41) is 10.2. The van der Waals surface area contributed by atoms with Crippen molar-refractivity contribution in [2.45, 2.75) is 12.5 Å². The normalized spacial score (nSPS) is 15.7. The first-order valence-electron chi connectivity index (χ1n) is 9.43. The van der Waals surface area contributed by atoms with Crippen LogP contribution in [0.4, 0.5) is 0 Å². The summed E-state index contributed by atoms with van der Waals surface area (Å²) in [5.41, 5.74) is 1.41. The van der Waals surface area contributed by atoms with E-state index in [1.165, 1.54) is 4.90 Å². The van der Waals surface area contributed by atoms with E-state index >= 15 is 0 Å². The van der Waals surface area contributed by atoms with Crippen LogP contribution in [0.3, 0.4) is 0 Å². The smallest absolute Gasteiger partial charge is 0.262 e. The second-order valence-corrected chi connectivity index (χ2v) is 8.81. The minimum Gasteiger partial charge on any atom is -0.497 e. The fourth-order valence-electron chi connectivity index (χ4n) is 3.34. The van der Waals surface area contributed by atoms with Crippen LogP contribution in [-0.4, -0.2) is 48.1 Å². The summed E-state index contributed by atoms with van der Waals surface area (Å²) in [5.74, 6) is 0.251. The van der Waals surface area contributed by atoms with Gasteiger partial charge in [0.05, 0.1) is 23.7 Å². The molecule has 0 radical (unpaired) electrons. The zero-order chi connectivity index (χ0) is 21.1. The predicted octanol–water partition coefficient (Wildman–Crippen LogP) is 4.27.